The number of anilines is 1. The Morgan fingerprint density at radius 2 is 2.08 bits per heavy atom. The predicted octanol–water partition coefficient (Wildman–Crippen LogP) is 3.93. The van der Waals surface area contributed by atoms with Crippen molar-refractivity contribution in [2.45, 2.75) is 51.2 Å². The van der Waals surface area contributed by atoms with E-state index in [0.717, 1.165) is 60.4 Å². The lowest BCUT2D eigenvalue weighted by Gasteiger charge is -2.29. The highest BCUT2D eigenvalue weighted by Gasteiger charge is 2.25. The minimum absolute atomic E-state index is 0.0703. The van der Waals surface area contributed by atoms with Gasteiger partial charge in [0.1, 0.15) is 5.75 Å². The van der Waals surface area contributed by atoms with E-state index < -0.39 is 0 Å². The molecule has 4 nitrogen and oxygen atoms in total. The molecule has 0 saturated carbocycles. The van der Waals surface area contributed by atoms with E-state index in [0.29, 0.717) is 19.3 Å². The van der Waals surface area contributed by atoms with E-state index >= 15 is 0 Å². The topological polar surface area (TPSA) is 47.6 Å². The molecule has 1 aromatic carbocycles. The lowest BCUT2D eigenvalue weighted by atomic mass is 9.91. The van der Waals surface area contributed by atoms with Crippen LogP contribution in [0, 0.1) is 0 Å². The van der Waals surface area contributed by atoms with E-state index in [-0.39, 0.29) is 12.2 Å². The van der Waals surface area contributed by atoms with Crippen LogP contribution in [0.3, 0.4) is 0 Å². The summed E-state index contributed by atoms with van der Waals surface area (Å²) in [4.78, 5) is 11.8. The van der Waals surface area contributed by atoms with Crippen molar-refractivity contribution in [1.29, 1.82) is 0 Å². The van der Waals surface area contributed by atoms with Crippen LogP contribution in [0.4, 0.5) is 5.69 Å². The van der Waals surface area contributed by atoms with E-state index in [9.17, 15) is 4.79 Å². The number of amides is 1. The maximum Gasteiger partial charge on any atom is 0.224 e. The first-order valence-corrected chi connectivity index (χ1v) is 8.70. The van der Waals surface area contributed by atoms with Gasteiger partial charge in [0.2, 0.25) is 5.91 Å². The molecule has 4 heteroatoms. The van der Waals surface area contributed by atoms with E-state index in [1.165, 1.54) is 0 Å². The van der Waals surface area contributed by atoms with Gasteiger partial charge in [-0.05, 0) is 43.7 Å². The third kappa shape index (κ3) is 3.54. The van der Waals surface area contributed by atoms with Crippen molar-refractivity contribution in [2.75, 3.05) is 11.9 Å². The lowest BCUT2D eigenvalue weighted by molar-refractivity contribution is -0.116. The predicted molar refractivity (Wildman–Crippen MR) is 95.4 cm³/mol. The summed E-state index contributed by atoms with van der Waals surface area (Å²) in [6, 6.07) is 2.03. The molecule has 0 aromatic heterocycles. The second kappa shape index (κ2) is 7.67. The summed E-state index contributed by atoms with van der Waals surface area (Å²) in [5.74, 6) is 0.956. The molecule has 1 atom stereocenters. The van der Waals surface area contributed by atoms with Crippen LogP contribution in [0.25, 0.3) is 0 Å². The molecule has 1 unspecified atom stereocenters. The highest BCUT2D eigenvalue weighted by Crippen LogP contribution is 2.38. The van der Waals surface area contributed by atoms with Gasteiger partial charge in [-0.25, -0.2) is 0 Å². The number of carbonyl (C=O) groups excluding carboxylic acids is 1. The summed E-state index contributed by atoms with van der Waals surface area (Å²) >= 11 is 0. The standard InChI is InChI=1S/C20H25NO3/c1-3-7-14-13-17-15(10-11-18(22)21-17)16(8-4-2)20(14)24-19-9-5-6-12-23-19/h3-4,13,19H,1-2,5-12H2,(H,21,22). The van der Waals surface area contributed by atoms with Crippen molar-refractivity contribution in [3.8, 4) is 5.75 Å². The van der Waals surface area contributed by atoms with Crippen molar-refractivity contribution >= 4 is 11.6 Å². The highest BCUT2D eigenvalue weighted by molar-refractivity contribution is 5.94. The van der Waals surface area contributed by atoms with Gasteiger partial charge in [0.15, 0.2) is 6.29 Å². The monoisotopic (exact) mass is 327 g/mol. The summed E-state index contributed by atoms with van der Waals surface area (Å²) in [5.41, 5.74) is 4.22. The molecule has 2 aliphatic rings. The third-order valence-electron chi connectivity index (χ3n) is 4.55. The quantitative estimate of drug-likeness (QED) is 0.805. The molecule has 3 rings (SSSR count). The molecule has 0 radical (unpaired) electrons. The third-order valence-corrected chi connectivity index (χ3v) is 4.55. The van der Waals surface area contributed by atoms with Crippen molar-refractivity contribution in [1.82, 2.24) is 0 Å². The molecule has 1 aromatic rings. The summed E-state index contributed by atoms with van der Waals surface area (Å²) in [6.07, 6.45) is 9.33. The number of hydrogen-bond acceptors (Lipinski definition) is 3. The van der Waals surface area contributed by atoms with Crippen LogP contribution in [0.1, 0.15) is 42.4 Å². The first-order valence-electron chi connectivity index (χ1n) is 8.70. The number of fused-ring (bicyclic) bond motifs is 1. The Kier molecular flexibility index (Phi) is 5.36. The molecular weight excluding hydrogens is 302 g/mol. The van der Waals surface area contributed by atoms with Crippen LogP contribution in [0.15, 0.2) is 31.4 Å². The Balaban J connectivity index is 2.03. The van der Waals surface area contributed by atoms with E-state index in [1.807, 2.05) is 18.2 Å². The van der Waals surface area contributed by atoms with Crippen molar-refractivity contribution < 1.29 is 14.3 Å². The lowest BCUT2D eigenvalue weighted by Crippen LogP contribution is -2.27. The molecule has 1 amide bonds. The maximum absolute atomic E-state index is 11.8. The fraction of sp³-hybridized carbons (Fsp3) is 0.450. The van der Waals surface area contributed by atoms with Gasteiger partial charge in [0.25, 0.3) is 0 Å². The average molecular weight is 327 g/mol. The summed E-state index contributed by atoms with van der Waals surface area (Å²) in [6.45, 7) is 8.49. The number of ether oxygens (including phenoxy) is 2. The van der Waals surface area contributed by atoms with Gasteiger partial charge in [-0.2, -0.15) is 0 Å². The second-order valence-electron chi connectivity index (χ2n) is 6.32. The molecule has 1 N–H and O–H groups in total. The van der Waals surface area contributed by atoms with Gasteiger partial charge in [0, 0.05) is 29.7 Å². The Morgan fingerprint density at radius 1 is 1.25 bits per heavy atom. The zero-order chi connectivity index (χ0) is 16.9. The van der Waals surface area contributed by atoms with Crippen LogP contribution in [0.2, 0.25) is 0 Å². The molecule has 24 heavy (non-hydrogen) atoms. The minimum atomic E-state index is -0.192. The minimum Gasteiger partial charge on any atom is -0.464 e. The number of allylic oxidation sites excluding steroid dienone is 2. The summed E-state index contributed by atoms with van der Waals surface area (Å²) in [5, 5.41) is 2.99. The zero-order valence-electron chi connectivity index (χ0n) is 14.1. The Bertz CT molecular complexity index is 645. The van der Waals surface area contributed by atoms with E-state index in [4.69, 9.17) is 9.47 Å². The number of nitrogens with one attached hydrogen (secondary N) is 1. The number of rotatable bonds is 6. The van der Waals surface area contributed by atoms with E-state index in [1.54, 1.807) is 0 Å². The molecule has 2 heterocycles. The van der Waals surface area contributed by atoms with Crippen molar-refractivity contribution in [3.05, 3.63) is 48.1 Å². The van der Waals surface area contributed by atoms with Crippen molar-refractivity contribution in [2.24, 2.45) is 0 Å². The van der Waals surface area contributed by atoms with Gasteiger partial charge < -0.3 is 14.8 Å². The van der Waals surface area contributed by atoms with E-state index in [2.05, 4.69) is 18.5 Å². The molecule has 2 aliphatic heterocycles. The van der Waals surface area contributed by atoms with Crippen LogP contribution in [-0.2, 0) is 28.8 Å². The fourth-order valence-corrected chi connectivity index (χ4v) is 3.42. The average Bonchev–Trinajstić information content (AvgIpc) is 2.59. The zero-order valence-corrected chi connectivity index (χ0v) is 14.1. The number of benzene rings is 1. The molecule has 1 fully saturated rings. The number of carbonyl (C=O) groups is 1. The SMILES string of the molecule is C=CCc1cc2c(c(CC=C)c1OC1CCCCO1)CCC(=O)N2. The molecule has 0 spiro atoms. The Morgan fingerprint density at radius 3 is 2.79 bits per heavy atom. The van der Waals surface area contributed by atoms with Gasteiger partial charge in [-0.3, -0.25) is 4.79 Å². The second-order valence-corrected chi connectivity index (χ2v) is 6.32. The van der Waals surface area contributed by atoms with Gasteiger partial charge in [0.05, 0.1) is 6.61 Å². The maximum atomic E-state index is 11.8. The first kappa shape index (κ1) is 16.8. The molecule has 1 saturated heterocycles. The van der Waals surface area contributed by atoms with Crippen LogP contribution in [0.5, 0.6) is 5.75 Å². The fourth-order valence-electron chi connectivity index (χ4n) is 3.42. The Hall–Kier alpha value is -2.07. The van der Waals surface area contributed by atoms with Gasteiger partial charge in [-0.1, -0.05) is 12.2 Å². The Labute approximate surface area is 143 Å². The van der Waals surface area contributed by atoms with Crippen LogP contribution < -0.4 is 10.1 Å². The summed E-state index contributed by atoms with van der Waals surface area (Å²) in [7, 11) is 0. The molecular formula is C20H25NO3. The molecule has 0 bridgehead atoms. The largest absolute Gasteiger partial charge is 0.464 e. The van der Waals surface area contributed by atoms with Gasteiger partial charge >= 0.3 is 0 Å². The van der Waals surface area contributed by atoms with Gasteiger partial charge in [-0.15, -0.1) is 13.2 Å². The normalized spacial score (nSPS) is 20.0. The highest BCUT2D eigenvalue weighted by atomic mass is 16.7. The smallest absolute Gasteiger partial charge is 0.224 e. The number of hydrogen-bond donors (Lipinski definition) is 1. The molecule has 0 aliphatic carbocycles. The summed E-state index contributed by atoms with van der Waals surface area (Å²) < 4.78 is 12.1. The van der Waals surface area contributed by atoms with Crippen LogP contribution >= 0.6 is 0 Å². The first-order chi connectivity index (χ1) is 11.7. The van der Waals surface area contributed by atoms with Crippen molar-refractivity contribution in [3.63, 3.8) is 0 Å². The van der Waals surface area contributed by atoms with Crippen LogP contribution in [-0.4, -0.2) is 18.8 Å². The molecule has 128 valence electrons.